The Kier molecular flexibility index (Phi) is 5.18. The third kappa shape index (κ3) is 3.95. The third-order valence-corrected chi connectivity index (χ3v) is 4.27. The Morgan fingerprint density at radius 1 is 1.38 bits per heavy atom. The third-order valence-electron chi connectivity index (χ3n) is 4.02. The summed E-state index contributed by atoms with van der Waals surface area (Å²) in [6.07, 6.45) is 0.747. The van der Waals surface area contributed by atoms with Gasteiger partial charge < -0.3 is 14.6 Å². The molecule has 3 rings (SSSR count). The lowest BCUT2D eigenvalue weighted by atomic mass is 10.0. The minimum Gasteiger partial charge on any atom is -0.372 e. The predicted molar refractivity (Wildman–Crippen MR) is 91.0 cm³/mol. The molecule has 0 bridgehead atoms. The Hall–Kier alpha value is -1.89. The van der Waals surface area contributed by atoms with Crippen molar-refractivity contribution in [1.29, 1.82) is 0 Å². The van der Waals surface area contributed by atoms with Crippen molar-refractivity contribution in [3.8, 4) is 0 Å². The van der Waals surface area contributed by atoms with E-state index in [1.807, 2.05) is 31.2 Å². The van der Waals surface area contributed by atoms with Gasteiger partial charge in [0.25, 0.3) is 0 Å². The number of hydrogen-bond acceptors (Lipinski definition) is 5. The van der Waals surface area contributed by atoms with Gasteiger partial charge in [0.15, 0.2) is 0 Å². The van der Waals surface area contributed by atoms with Crippen LogP contribution >= 0.6 is 11.6 Å². The van der Waals surface area contributed by atoms with Gasteiger partial charge in [0.1, 0.15) is 0 Å². The standard InChI is InChI=1S/C17H20ClN3O3/c1-10-9-15(24-21-10)20-17(22)11(2)19-14-7-8-23-16(14)12-3-5-13(18)6-4-12/h3-6,9,11,14,16,19H,7-8H2,1-2H3,(H,20,22)/t11-,14+,16+/m0/s1. The van der Waals surface area contributed by atoms with E-state index in [4.69, 9.17) is 20.9 Å². The maximum Gasteiger partial charge on any atom is 0.243 e. The van der Waals surface area contributed by atoms with Crippen LogP contribution in [0.25, 0.3) is 0 Å². The van der Waals surface area contributed by atoms with Crippen molar-refractivity contribution in [2.75, 3.05) is 11.9 Å². The van der Waals surface area contributed by atoms with Crippen molar-refractivity contribution in [2.24, 2.45) is 0 Å². The number of aromatic nitrogens is 1. The first-order valence-corrected chi connectivity index (χ1v) is 8.28. The summed E-state index contributed by atoms with van der Waals surface area (Å²) in [5.41, 5.74) is 1.77. The average Bonchev–Trinajstić information content (AvgIpc) is 3.17. The molecule has 24 heavy (non-hydrogen) atoms. The number of carbonyl (C=O) groups is 1. The van der Waals surface area contributed by atoms with Gasteiger partial charge in [-0.25, -0.2) is 0 Å². The number of ether oxygens (including phenoxy) is 1. The van der Waals surface area contributed by atoms with E-state index >= 15 is 0 Å². The number of nitrogens with zero attached hydrogens (tertiary/aromatic N) is 1. The fourth-order valence-electron chi connectivity index (χ4n) is 2.79. The fourth-order valence-corrected chi connectivity index (χ4v) is 2.92. The van der Waals surface area contributed by atoms with Crippen molar-refractivity contribution in [1.82, 2.24) is 10.5 Å². The lowest BCUT2D eigenvalue weighted by Crippen LogP contribution is -2.45. The summed E-state index contributed by atoms with van der Waals surface area (Å²) >= 11 is 5.94. The molecule has 0 radical (unpaired) electrons. The van der Waals surface area contributed by atoms with Gasteiger partial charge >= 0.3 is 0 Å². The number of halogens is 1. The normalized spacial score (nSPS) is 21.6. The maximum absolute atomic E-state index is 12.3. The van der Waals surface area contributed by atoms with Crippen LogP contribution in [0.5, 0.6) is 0 Å². The van der Waals surface area contributed by atoms with Crippen LogP contribution in [0.4, 0.5) is 5.88 Å². The van der Waals surface area contributed by atoms with Gasteiger partial charge in [-0.2, -0.15) is 0 Å². The molecule has 2 aromatic rings. The van der Waals surface area contributed by atoms with Crippen molar-refractivity contribution in [3.63, 3.8) is 0 Å². The molecule has 1 aromatic heterocycles. The van der Waals surface area contributed by atoms with Gasteiger partial charge in [0.2, 0.25) is 11.8 Å². The van der Waals surface area contributed by atoms with Crippen LogP contribution in [0.1, 0.15) is 30.7 Å². The second-order valence-electron chi connectivity index (χ2n) is 5.95. The molecular weight excluding hydrogens is 330 g/mol. The van der Waals surface area contributed by atoms with Gasteiger partial charge in [-0.1, -0.05) is 28.9 Å². The molecule has 0 spiro atoms. The van der Waals surface area contributed by atoms with E-state index in [9.17, 15) is 4.79 Å². The van der Waals surface area contributed by atoms with E-state index in [-0.39, 0.29) is 18.1 Å². The van der Waals surface area contributed by atoms with E-state index < -0.39 is 6.04 Å². The van der Waals surface area contributed by atoms with Crippen LogP contribution in [-0.4, -0.2) is 29.8 Å². The minimum absolute atomic E-state index is 0.0587. The molecule has 0 unspecified atom stereocenters. The molecule has 2 N–H and O–H groups in total. The highest BCUT2D eigenvalue weighted by atomic mass is 35.5. The lowest BCUT2D eigenvalue weighted by molar-refractivity contribution is -0.118. The summed E-state index contributed by atoms with van der Waals surface area (Å²) in [7, 11) is 0. The zero-order chi connectivity index (χ0) is 17.1. The molecule has 0 saturated carbocycles. The molecule has 1 aliphatic rings. The SMILES string of the molecule is Cc1cc(NC(=O)[C@H](C)N[C@@H]2CCO[C@@H]2c2ccc(Cl)cc2)on1. The number of carbonyl (C=O) groups excluding carboxylic acids is 1. The topological polar surface area (TPSA) is 76.4 Å². The summed E-state index contributed by atoms with van der Waals surface area (Å²) in [6, 6.07) is 8.94. The molecular formula is C17H20ClN3O3. The van der Waals surface area contributed by atoms with Gasteiger partial charge in [0, 0.05) is 23.7 Å². The highest BCUT2D eigenvalue weighted by molar-refractivity contribution is 6.30. The summed E-state index contributed by atoms with van der Waals surface area (Å²) in [5, 5.41) is 10.5. The van der Waals surface area contributed by atoms with Gasteiger partial charge in [0.05, 0.1) is 17.8 Å². The van der Waals surface area contributed by atoms with E-state index in [2.05, 4.69) is 15.8 Å². The largest absolute Gasteiger partial charge is 0.372 e. The zero-order valence-electron chi connectivity index (χ0n) is 13.6. The van der Waals surface area contributed by atoms with E-state index in [1.54, 1.807) is 13.0 Å². The zero-order valence-corrected chi connectivity index (χ0v) is 14.3. The first-order chi connectivity index (χ1) is 11.5. The minimum atomic E-state index is -0.392. The molecule has 1 amide bonds. The highest BCUT2D eigenvalue weighted by Crippen LogP contribution is 2.30. The Bertz CT molecular complexity index is 701. The first kappa shape index (κ1) is 17.0. The number of rotatable bonds is 5. The van der Waals surface area contributed by atoms with E-state index in [0.717, 1.165) is 17.7 Å². The number of nitrogens with one attached hydrogen (secondary N) is 2. The molecule has 0 aliphatic carbocycles. The molecule has 6 nitrogen and oxygen atoms in total. The summed E-state index contributed by atoms with van der Waals surface area (Å²) in [6.45, 7) is 4.27. The molecule has 1 fully saturated rings. The molecule has 1 aliphatic heterocycles. The Labute approximate surface area is 145 Å². The smallest absolute Gasteiger partial charge is 0.243 e. The Balaban J connectivity index is 1.61. The first-order valence-electron chi connectivity index (χ1n) is 7.90. The Morgan fingerprint density at radius 3 is 2.79 bits per heavy atom. The second kappa shape index (κ2) is 7.34. The number of anilines is 1. The van der Waals surface area contributed by atoms with Crippen LogP contribution in [0.15, 0.2) is 34.9 Å². The van der Waals surface area contributed by atoms with E-state index in [0.29, 0.717) is 17.5 Å². The summed E-state index contributed by atoms with van der Waals surface area (Å²) in [4.78, 5) is 12.3. The lowest BCUT2D eigenvalue weighted by Gasteiger charge is -2.23. The molecule has 1 saturated heterocycles. The quantitative estimate of drug-likeness (QED) is 0.867. The second-order valence-corrected chi connectivity index (χ2v) is 6.38. The molecule has 128 valence electrons. The van der Waals surface area contributed by atoms with Crippen molar-refractivity contribution >= 4 is 23.4 Å². The van der Waals surface area contributed by atoms with Crippen molar-refractivity contribution in [3.05, 3.63) is 46.6 Å². The van der Waals surface area contributed by atoms with Crippen molar-refractivity contribution < 1.29 is 14.1 Å². The number of aryl methyl sites for hydroxylation is 1. The maximum atomic E-state index is 12.3. The average molecular weight is 350 g/mol. The van der Waals surface area contributed by atoms with Crippen molar-refractivity contribution in [2.45, 2.75) is 38.5 Å². The van der Waals surface area contributed by atoms with E-state index in [1.165, 1.54) is 0 Å². The fraction of sp³-hybridized carbons (Fsp3) is 0.412. The summed E-state index contributed by atoms with van der Waals surface area (Å²) < 4.78 is 10.8. The number of benzene rings is 1. The van der Waals surface area contributed by atoms with Gasteiger partial charge in [-0.15, -0.1) is 0 Å². The van der Waals surface area contributed by atoms with Crippen LogP contribution in [0.3, 0.4) is 0 Å². The van der Waals surface area contributed by atoms with Gasteiger partial charge in [-0.3, -0.25) is 10.1 Å². The van der Waals surface area contributed by atoms with Crippen LogP contribution in [0.2, 0.25) is 5.02 Å². The molecule has 2 heterocycles. The number of hydrogen-bond donors (Lipinski definition) is 2. The summed E-state index contributed by atoms with van der Waals surface area (Å²) in [5.74, 6) is 0.177. The van der Waals surface area contributed by atoms with Crippen LogP contribution in [-0.2, 0) is 9.53 Å². The van der Waals surface area contributed by atoms with Crippen LogP contribution < -0.4 is 10.6 Å². The van der Waals surface area contributed by atoms with Gasteiger partial charge in [-0.05, 0) is 38.0 Å². The molecule has 3 atom stereocenters. The highest BCUT2D eigenvalue weighted by Gasteiger charge is 2.32. The Morgan fingerprint density at radius 2 is 2.12 bits per heavy atom. The predicted octanol–water partition coefficient (Wildman–Crippen LogP) is 3.08. The molecule has 1 aromatic carbocycles. The molecule has 7 heteroatoms. The number of amides is 1. The monoisotopic (exact) mass is 349 g/mol. The van der Waals surface area contributed by atoms with Crippen LogP contribution in [0, 0.1) is 6.92 Å².